The molecule has 0 fully saturated rings. The summed E-state index contributed by atoms with van der Waals surface area (Å²) in [6.07, 6.45) is 3.31. The molecule has 0 aliphatic heterocycles. The number of esters is 1. The molecule has 2 aromatic carbocycles. The Morgan fingerprint density at radius 1 is 1.00 bits per heavy atom. The van der Waals surface area contributed by atoms with Gasteiger partial charge in [-0.3, -0.25) is 4.90 Å². The molecule has 0 unspecified atom stereocenters. The third-order valence-corrected chi connectivity index (χ3v) is 5.58. The van der Waals surface area contributed by atoms with E-state index in [0.29, 0.717) is 5.75 Å². The van der Waals surface area contributed by atoms with Crippen molar-refractivity contribution in [3.05, 3.63) is 90.5 Å². The van der Waals surface area contributed by atoms with Crippen molar-refractivity contribution in [2.75, 3.05) is 13.7 Å². The van der Waals surface area contributed by atoms with E-state index in [4.69, 9.17) is 18.9 Å². The van der Waals surface area contributed by atoms with Crippen LogP contribution >= 0.6 is 0 Å². The molecule has 0 saturated carbocycles. The SMILES string of the molecule is C=CC[C@@H]([C@H](/C=C/C(=O)OCC)NC(=O)OC(C)(C)C)N(Cc1ccc(OC)cc1)C(=O)OCc1ccccc1. The molecule has 0 bridgehead atoms. The second-order valence-electron chi connectivity index (χ2n) is 9.89. The van der Waals surface area contributed by atoms with Gasteiger partial charge in [-0.2, -0.15) is 0 Å². The Morgan fingerprint density at radius 2 is 1.68 bits per heavy atom. The Bertz CT molecular complexity index is 1120. The molecule has 0 saturated heterocycles. The fourth-order valence-corrected chi connectivity index (χ4v) is 3.77. The Labute approximate surface area is 236 Å². The fraction of sp³-hybridized carbons (Fsp3) is 0.387. The van der Waals surface area contributed by atoms with Gasteiger partial charge in [-0.05, 0) is 57.4 Å². The first-order valence-electron chi connectivity index (χ1n) is 13.1. The molecule has 1 N–H and O–H groups in total. The smallest absolute Gasteiger partial charge is 0.410 e. The lowest BCUT2D eigenvalue weighted by Gasteiger charge is -2.35. The lowest BCUT2D eigenvalue weighted by atomic mass is 10.0. The van der Waals surface area contributed by atoms with Gasteiger partial charge in [0.15, 0.2) is 0 Å². The molecule has 0 spiro atoms. The van der Waals surface area contributed by atoms with Gasteiger partial charge < -0.3 is 24.3 Å². The maximum absolute atomic E-state index is 13.6. The van der Waals surface area contributed by atoms with Gasteiger partial charge in [0.25, 0.3) is 0 Å². The van der Waals surface area contributed by atoms with Gasteiger partial charge >= 0.3 is 18.2 Å². The first kappa shape index (κ1) is 31.9. The van der Waals surface area contributed by atoms with Crippen LogP contribution in [0.3, 0.4) is 0 Å². The third kappa shape index (κ3) is 11.2. The van der Waals surface area contributed by atoms with E-state index in [9.17, 15) is 14.4 Å². The van der Waals surface area contributed by atoms with Crippen LogP contribution in [0.25, 0.3) is 0 Å². The Balaban J connectivity index is 2.46. The number of nitrogens with one attached hydrogen (secondary N) is 1. The first-order valence-corrected chi connectivity index (χ1v) is 13.1. The summed E-state index contributed by atoms with van der Waals surface area (Å²) in [6.45, 7) is 11.2. The van der Waals surface area contributed by atoms with E-state index in [1.807, 2.05) is 42.5 Å². The van der Waals surface area contributed by atoms with Crippen LogP contribution in [0.15, 0.2) is 79.4 Å². The monoisotopic (exact) mass is 552 g/mol. The number of alkyl carbamates (subject to hydrolysis) is 1. The van der Waals surface area contributed by atoms with Crippen molar-refractivity contribution in [1.29, 1.82) is 0 Å². The molecule has 216 valence electrons. The minimum Gasteiger partial charge on any atom is -0.497 e. The zero-order valence-electron chi connectivity index (χ0n) is 23.9. The predicted molar refractivity (Wildman–Crippen MR) is 153 cm³/mol. The van der Waals surface area contributed by atoms with E-state index in [1.54, 1.807) is 53.0 Å². The van der Waals surface area contributed by atoms with E-state index in [1.165, 1.54) is 17.1 Å². The highest BCUT2D eigenvalue weighted by Gasteiger charge is 2.32. The number of carbonyl (C=O) groups is 3. The zero-order chi connectivity index (χ0) is 29.5. The number of ether oxygens (including phenoxy) is 4. The molecular weight excluding hydrogens is 512 g/mol. The summed E-state index contributed by atoms with van der Waals surface area (Å²) >= 11 is 0. The first-order chi connectivity index (χ1) is 19.1. The van der Waals surface area contributed by atoms with Crippen LogP contribution in [0.5, 0.6) is 5.75 Å². The molecule has 0 heterocycles. The molecule has 40 heavy (non-hydrogen) atoms. The number of amides is 2. The minimum atomic E-state index is -0.847. The predicted octanol–water partition coefficient (Wildman–Crippen LogP) is 5.79. The van der Waals surface area contributed by atoms with Crippen LogP contribution in [-0.4, -0.2) is 54.5 Å². The molecule has 0 aliphatic carbocycles. The van der Waals surface area contributed by atoms with Gasteiger partial charge in [-0.15, -0.1) is 6.58 Å². The molecule has 0 aromatic heterocycles. The van der Waals surface area contributed by atoms with Crippen molar-refractivity contribution < 1.29 is 33.3 Å². The van der Waals surface area contributed by atoms with E-state index in [0.717, 1.165) is 11.1 Å². The van der Waals surface area contributed by atoms with Crippen LogP contribution < -0.4 is 10.1 Å². The highest BCUT2D eigenvalue weighted by atomic mass is 16.6. The second-order valence-corrected chi connectivity index (χ2v) is 9.89. The van der Waals surface area contributed by atoms with E-state index in [-0.39, 0.29) is 26.2 Å². The van der Waals surface area contributed by atoms with E-state index >= 15 is 0 Å². The summed E-state index contributed by atoms with van der Waals surface area (Å²) in [5.41, 5.74) is 0.869. The molecular formula is C31H40N2O7. The van der Waals surface area contributed by atoms with Gasteiger partial charge in [0, 0.05) is 12.6 Å². The average Bonchev–Trinajstić information content (AvgIpc) is 2.91. The zero-order valence-corrected chi connectivity index (χ0v) is 23.9. The molecule has 2 amide bonds. The molecule has 0 radical (unpaired) electrons. The van der Waals surface area contributed by atoms with Gasteiger partial charge in [-0.25, -0.2) is 14.4 Å². The maximum atomic E-state index is 13.6. The number of benzene rings is 2. The Kier molecular flexibility index (Phi) is 12.8. The summed E-state index contributed by atoms with van der Waals surface area (Å²) in [5, 5.41) is 2.80. The summed E-state index contributed by atoms with van der Waals surface area (Å²) in [5.74, 6) is 0.0932. The Morgan fingerprint density at radius 3 is 2.25 bits per heavy atom. The van der Waals surface area contributed by atoms with Crippen molar-refractivity contribution in [3.63, 3.8) is 0 Å². The van der Waals surface area contributed by atoms with Gasteiger partial charge in [0.1, 0.15) is 18.0 Å². The molecule has 2 rings (SSSR count). The lowest BCUT2D eigenvalue weighted by molar-refractivity contribution is -0.137. The molecule has 9 nitrogen and oxygen atoms in total. The van der Waals surface area contributed by atoms with Crippen LogP contribution in [0.2, 0.25) is 0 Å². The molecule has 9 heteroatoms. The number of carbonyl (C=O) groups excluding carboxylic acids is 3. The quantitative estimate of drug-likeness (QED) is 0.145. The largest absolute Gasteiger partial charge is 0.497 e. The fourth-order valence-electron chi connectivity index (χ4n) is 3.77. The Hall–Kier alpha value is -4.27. The van der Waals surface area contributed by atoms with Gasteiger partial charge in [0.2, 0.25) is 0 Å². The van der Waals surface area contributed by atoms with Crippen molar-refractivity contribution >= 4 is 18.2 Å². The minimum absolute atomic E-state index is 0.0580. The number of methoxy groups -OCH3 is 1. The topological polar surface area (TPSA) is 103 Å². The van der Waals surface area contributed by atoms with Gasteiger partial charge in [-0.1, -0.05) is 54.6 Å². The van der Waals surface area contributed by atoms with Crippen LogP contribution in [-0.2, 0) is 32.2 Å². The van der Waals surface area contributed by atoms with Crippen LogP contribution in [0.1, 0.15) is 45.2 Å². The summed E-state index contributed by atoms with van der Waals surface area (Å²) in [7, 11) is 1.57. The number of rotatable bonds is 13. The van der Waals surface area contributed by atoms with Gasteiger partial charge in [0.05, 0.1) is 25.8 Å². The van der Waals surface area contributed by atoms with E-state index in [2.05, 4.69) is 11.9 Å². The maximum Gasteiger partial charge on any atom is 0.410 e. The van der Waals surface area contributed by atoms with E-state index < -0.39 is 35.8 Å². The van der Waals surface area contributed by atoms with Crippen molar-refractivity contribution in [2.45, 2.75) is 65.0 Å². The van der Waals surface area contributed by atoms with Crippen LogP contribution in [0, 0.1) is 0 Å². The highest BCUT2D eigenvalue weighted by Crippen LogP contribution is 2.21. The van der Waals surface area contributed by atoms with Crippen LogP contribution in [0.4, 0.5) is 9.59 Å². The van der Waals surface area contributed by atoms with Crippen molar-refractivity contribution in [3.8, 4) is 5.75 Å². The second kappa shape index (κ2) is 16.0. The lowest BCUT2D eigenvalue weighted by Crippen LogP contribution is -2.53. The number of nitrogens with zero attached hydrogens (tertiary/aromatic N) is 1. The molecule has 0 aliphatic rings. The summed E-state index contributed by atoms with van der Waals surface area (Å²) in [6, 6.07) is 15.0. The number of hydrogen-bond donors (Lipinski definition) is 1. The third-order valence-electron chi connectivity index (χ3n) is 5.58. The highest BCUT2D eigenvalue weighted by molar-refractivity contribution is 5.82. The van der Waals surface area contributed by atoms with Crippen molar-refractivity contribution in [1.82, 2.24) is 10.2 Å². The average molecular weight is 553 g/mol. The molecule has 2 aromatic rings. The number of hydrogen-bond acceptors (Lipinski definition) is 7. The standard InChI is InChI=1S/C31H40N2O7/c1-7-12-27(26(19-20-28(34)38-8-2)32-29(35)40-31(3,4)5)33(21-23-15-17-25(37-6)18-16-23)30(36)39-22-24-13-10-9-11-14-24/h7,9-11,13-20,26-27H,1,8,12,21-22H2,2-6H3,(H,32,35)/b20-19+/t26-,27-/m0/s1. The summed E-state index contributed by atoms with van der Waals surface area (Å²) in [4.78, 5) is 40.1. The summed E-state index contributed by atoms with van der Waals surface area (Å²) < 4.78 is 21.5. The molecule has 2 atom stereocenters. The normalized spacial score (nSPS) is 12.6. The van der Waals surface area contributed by atoms with Crippen molar-refractivity contribution in [2.24, 2.45) is 0 Å².